The van der Waals surface area contributed by atoms with Gasteiger partial charge in [0.15, 0.2) is 0 Å². The molecular weight excluding hydrogens is 356 g/mol. The molecule has 1 atom stereocenters. The van der Waals surface area contributed by atoms with E-state index in [2.05, 4.69) is 25.5 Å². The molecule has 1 fully saturated rings. The third kappa shape index (κ3) is 2.98. The van der Waals surface area contributed by atoms with Crippen molar-refractivity contribution in [1.29, 1.82) is 0 Å². The molecule has 3 N–H and O–H groups in total. The lowest BCUT2D eigenvalue weighted by Gasteiger charge is -2.11. The van der Waals surface area contributed by atoms with Crippen LogP contribution in [-0.4, -0.2) is 38.0 Å². The second kappa shape index (κ2) is 5.48. The van der Waals surface area contributed by atoms with Gasteiger partial charge in [0.2, 0.25) is 10.0 Å². The van der Waals surface area contributed by atoms with Gasteiger partial charge in [-0.3, -0.25) is 9.63 Å². The molecule has 1 heterocycles. The van der Waals surface area contributed by atoms with E-state index in [1.807, 2.05) is 5.48 Å². The van der Waals surface area contributed by atoms with E-state index in [0.717, 1.165) is 6.07 Å². The molecule has 2 rings (SSSR count). The first-order valence-electron chi connectivity index (χ1n) is 5.28. The summed E-state index contributed by atoms with van der Waals surface area (Å²) in [5.74, 6) is -1.87. The highest BCUT2D eigenvalue weighted by Gasteiger charge is 2.31. The number of carbonyl (C=O) groups is 2. The lowest BCUT2D eigenvalue weighted by molar-refractivity contribution is -0.124. The van der Waals surface area contributed by atoms with Crippen LogP contribution in [0.25, 0.3) is 0 Å². The minimum atomic E-state index is -4.06. The minimum absolute atomic E-state index is 0.145. The van der Waals surface area contributed by atoms with Gasteiger partial charge in [0.05, 0.1) is 10.5 Å². The van der Waals surface area contributed by atoms with Crippen molar-refractivity contribution in [3.63, 3.8) is 0 Å². The third-order valence-electron chi connectivity index (χ3n) is 2.50. The van der Waals surface area contributed by atoms with Crippen LogP contribution in [0.1, 0.15) is 10.4 Å². The maximum Gasteiger partial charge on any atom is 0.335 e. The van der Waals surface area contributed by atoms with E-state index < -0.39 is 27.9 Å². The molecule has 1 aromatic rings. The van der Waals surface area contributed by atoms with E-state index in [1.165, 1.54) is 12.1 Å². The maximum atomic E-state index is 12.2. The van der Waals surface area contributed by atoms with E-state index in [9.17, 15) is 18.0 Å². The Kier molecular flexibility index (Phi) is 4.09. The smallest absolute Gasteiger partial charge is 0.335 e. The van der Waals surface area contributed by atoms with Crippen LogP contribution in [-0.2, 0) is 19.7 Å². The van der Waals surface area contributed by atoms with Gasteiger partial charge in [-0.1, -0.05) is 0 Å². The van der Waals surface area contributed by atoms with Gasteiger partial charge >= 0.3 is 5.97 Å². The molecule has 0 radical (unpaired) electrons. The minimum Gasteiger partial charge on any atom is -0.478 e. The van der Waals surface area contributed by atoms with E-state index in [0.29, 0.717) is 0 Å². The van der Waals surface area contributed by atoms with E-state index >= 15 is 0 Å². The van der Waals surface area contributed by atoms with Crippen molar-refractivity contribution in [2.45, 2.75) is 10.9 Å². The van der Waals surface area contributed by atoms with Gasteiger partial charge < -0.3 is 5.11 Å². The Balaban J connectivity index is 2.36. The van der Waals surface area contributed by atoms with Crippen molar-refractivity contribution in [2.75, 3.05) is 6.61 Å². The van der Waals surface area contributed by atoms with Gasteiger partial charge in [-0.2, -0.15) is 4.72 Å². The number of benzene rings is 1. The highest BCUT2D eigenvalue weighted by atomic mass is 79.9. The molecule has 1 aromatic carbocycles. The number of aromatic carboxylic acids is 1. The third-order valence-corrected chi connectivity index (χ3v) is 4.97. The van der Waals surface area contributed by atoms with Crippen molar-refractivity contribution in [3.8, 4) is 0 Å². The molecule has 0 spiro atoms. The molecule has 0 unspecified atom stereocenters. The van der Waals surface area contributed by atoms with Crippen molar-refractivity contribution in [1.82, 2.24) is 10.2 Å². The largest absolute Gasteiger partial charge is 0.478 e. The molecule has 1 aliphatic heterocycles. The second-order valence-corrected chi connectivity index (χ2v) is 6.44. The molecule has 0 bridgehead atoms. The number of nitrogens with one attached hydrogen (secondary N) is 2. The summed E-state index contributed by atoms with van der Waals surface area (Å²) in [7, 11) is -4.06. The molecule has 1 amide bonds. The average Bonchev–Trinajstić information content (AvgIpc) is 2.74. The molecule has 0 aromatic heterocycles. The number of hydrogen-bond donors (Lipinski definition) is 3. The van der Waals surface area contributed by atoms with Crippen LogP contribution >= 0.6 is 15.9 Å². The molecular formula is C10H9BrN2O6S. The first kappa shape index (κ1) is 14.9. The summed E-state index contributed by atoms with van der Waals surface area (Å²) in [5, 5.41) is 8.88. The zero-order chi connectivity index (χ0) is 14.9. The topological polar surface area (TPSA) is 122 Å². The summed E-state index contributed by atoms with van der Waals surface area (Å²) in [6.45, 7) is -0.145. The number of carboxylic acid groups (broad SMARTS) is 1. The van der Waals surface area contributed by atoms with Crippen LogP contribution in [0.15, 0.2) is 27.6 Å². The van der Waals surface area contributed by atoms with Gasteiger partial charge in [-0.15, -0.1) is 0 Å². The number of amides is 1. The Morgan fingerprint density at radius 2 is 2.20 bits per heavy atom. The Bertz CT molecular complexity index is 674. The molecule has 8 nitrogen and oxygen atoms in total. The summed E-state index contributed by atoms with van der Waals surface area (Å²) in [4.78, 5) is 26.5. The average molecular weight is 365 g/mol. The molecule has 108 valence electrons. The predicted molar refractivity (Wildman–Crippen MR) is 69.3 cm³/mol. The summed E-state index contributed by atoms with van der Waals surface area (Å²) < 4.78 is 26.6. The number of halogens is 1. The molecule has 0 aliphatic carbocycles. The summed E-state index contributed by atoms with van der Waals surface area (Å²) in [5.41, 5.74) is 1.84. The van der Waals surface area contributed by atoms with Crippen molar-refractivity contribution in [2.24, 2.45) is 0 Å². The highest BCUT2D eigenvalue weighted by Crippen LogP contribution is 2.23. The van der Waals surface area contributed by atoms with Gasteiger partial charge in [-0.05, 0) is 34.1 Å². The number of carboxylic acids is 1. The number of sulfonamides is 1. The Hall–Kier alpha value is -1.49. The Morgan fingerprint density at radius 1 is 1.50 bits per heavy atom. The van der Waals surface area contributed by atoms with Crippen LogP contribution < -0.4 is 10.2 Å². The lowest BCUT2D eigenvalue weighted by atomic mass is 10.2. The van der Waals surface area contributed by atoms with E-state index in [4.69, 9.17) is 5.11 Å². The number of hydrogen-bond acceptors (Lipinski definition) is 5. The summed E-state index contributed by atoms with van der Waals surface area (Å²) in [6.07, 6.45) is 0. The standard InChI is InChI=1S/C10H9BrN2O6S/c11-6-2-1-5(10(15)16)3-8(6)20(17,18)13-7-4-19-12-9(7)14/h1-3,7,13H,4H2,(H,12,14)(H,15,16)/t7-/m1/s1. The van der Waals surface area contributed by atoms with Gasteiger partial charge in [0.25, 0.3) is 5.91 Å². The fourth-order valence-electron chi connectivity index (χ4n) is 1.52. The molecule has 1 saturated heterocycles. The molecule has 0 saturated carbocycles. The SMILES string of the molecule is O=C(O)c1ccc(Br)c(S(=O)(=O)N[C@@H]2CONC2=O)c1. The van der Waals surface area contributed by atoms with Crippen LogP contribution in [0.4, 0.5) is 0 Å². The predicted octanol–water partition coefficient (Wildman–Crippen LogP) is -0.144. The van der Waals surface area contributed by atoms with Crippen molar-refractivity contribution in [3.05, 3.63) is 28.2 Å². The zero-order valence-electron chi connectivity index (χ0n) is 9.79. The molecule has 20 heavy (non-hydrogen) atoms. The fraction of sp³-hybridized carbons (Fsp3) is 0.200. The fourth-order valence-corrected chi connectivity index (χ4v) is 3.69. The van der Waals surface area contributed by atoms with Gasteiger partial charge in [0, 0.05) is 4.47 Å². The second-order valence-electron chi connectivity index (χ2n) is 3.90. The van der Waals surface area contributed by atoms with Gasteiger partial charge in [0.1, 0.15) is 12.6 Å². The number of carbonyl (C=O) groups excluding carboxylic acids is 1. The maximum absolute atomic E-state index is 12.2. The van der Waals surface area contributed by atoms with Crippen LogP contribution in [0.3, 0.4) is 0 Å². The monoisotopic (exact) mass is 364 g/mol. The normalized spacial score (nSPS) is 18.9. The molecule has 10 heteroatoms. The number of rotatable bonds is 4. The van der Waals surface area contributed by atoms with E-state index in [1.54, 1.807) is 0 Å². The van der Waals surface area contributed by atoms with Crippen molar-refractivity contribution >= 4 is 37.8 Å². The highest BCUT2D eigenvalue weighted by molar-refractivity contribution is 9.10. The van der Waals surface area contributed by atoms with Crippen LogP contribution in [0.2, 0.25) is 0 Å². The number of hydroxylamine groups is 1. The van der Waals surface area contributed by atoms with Crippen molar-refractivity contribution < 1.29 is 28.0 Å². The first-order valence-corrected chi connectivity index (χ1v) is 7.56. The van der Waals surface area contributed by atoms with Gasteiger partial charge in [-0.25, -0.2) is 18.7 Å². The summed E-state index contributed by atoms with van der Waals surface area (Å²) >= 11 is 3.04. The molecule has 1 aliphatic rings. The zero-order valence-corrected chi connectivity index (χ0v) is 12.2. The first-order chi connectivity index (χ1) is 9.31. The van der Waals surface area contributed by atoms with E-state index in [-0.39, 0.29) is 21.5 Å². The summed E-state index contributed by atoms with van der Waals surface area (Å²) in [6, 6.07) is 2.52. The lowest BCUT2D eigenvalue weighted by Crippen LogP contribution is -2.41. The van der Waals surface area contributed by atoms with Crippen LogP contribution in [0, 0.1) is 0 Å². The quantitative estimate of drug-likeness (QED) is 0.683. The van der Waals surface area contributed by atoms with Crippen LogP contribution in [0.5, 0.6) is 0 Å². The Labute approximate surface area is 122 Å². The Morgan fingerprint density at radius 3 is 2.75 bits per heavy atom.